The average Bonchev–Trinajstić information content (AvgIpc) is 1.00. The summed E-state index contributed by atoms with van der Waals surface area (Å²) in [6, 6.07) is 0. The number of rotatable bonds is 0. The largest absolute Gasteiger partial charge is 0 e. The van der Waals surface area contributed by atoms with Gasteiger partial charge in [0.15, 0.2) is 0 Å². The summed E-state index contributed by atoms with van der Waals surface area (Å²) in [5.41, 5.74) is 0. The van der Waals surface area contributed by atoms with E-state index in [-0.39, 0.29) is 110 Å². The van der Waals surface area contributed by atoms with Gasteiger partial charge in [0.1, 0.15) is 0 Å². The van der Waals surface area contributed by atoms with E-state index in [0.717, 1.165) is 0 Å². The molecule has 0 saturated carbocycles. The third-order valence-electron chi connectivity index (χ3n) is 0. The zero-order chi connectivity index (χ0) is 2.00. The van der Waals surface area contributed by atoms with Crippen molar-refractivity contribution in [2.45, 2.75) is 0 Å². The SMILES string of the molecule is [Cd].[Ga].[Ge].[In].[O]=[Sn].[Zn]. The van der Waals surface area contributed by atoms with E-state index >= 15 is 0 Å². The van der Waals surface area contributed by atoms with E-state index < -0.39 is 0 Å². The fourth-order valence-corrected chi connectivity index (χ4v) is 0. The predicted octanol–water partition coefficient (Wildman–Crippen LogP) is -1.65. The zero-order valence-electron chi connectivity index (χ0n) is 3.98. The number of hydrogen-bond acceptors (Lipinski definition) is 1. The molecule has 0 heterocycles. The molecule has 0 atom stereocenters. The minimum atomic E-state index is 0. The molecule has 0 bridgehead atoms. The van der Waals surface area contributed by atoms with Crippen LogP contribution in [0.2, 0.25) is 0 Å². The van der Waals surface area contributed by atoms with E-state index in [1.165, 1.54) is 0 Å². The van der Waals surface area contributed by atoms with Gasteiger partial charge in [0, 0.05) is 110 Å². The maximum absolute atomic E-state index is 8.34. The molecule has 0 aliphatic rings. The van der Waals surface area contributed by atoms with E-state index in [9.17, 15) is 0 Å². The van der Waals surface area contributed by atoms with Crippen molar-refractivity contribution < 1.29 is 49.9 Å². The molecule has 0 amide bonds. The maximum Gasteiger partial charge on any atom is 0 e. The molecule has 0 N–H and O–H groups in total. The van der Waals surface area contributed by atoms with Gasteiger partial charge in [0.2, 0.25) is 0 Å². The van der Waals surface area contributed by atoms with Gasteiger partial charge in [-0.05, 0) is 0 Å². The summed E-state index contributed by atoms with van der Waals surface area (Å²) in [4.78, 5) is 0. The standard InChI is InChI=1S/Cd.Ga.Ge.In.O.Sn.Zn. The van der Waals surface area contributed by atoms with Crippen LogP contribution < -0.4 is 0 Å². The molecule has 12 radical (unpaired) electrons. The van der Waals surface area contributed by atoms with Gasteiger partial charge >= 0.3 is 25.6 Å². The first-order valence-corrected chi connectivity index (χ1v) is 1.37. The molecule has 0 aromatic rings. The van der Waals surface area contributed by atoms with Crippen LogP contribution in [-0.2, 0) is 49.9 Å². The Bertz CT molecular complexity index is 19.7. The molecule has 7 heavy (non-hydrogen) atoms. The normalized spacial score (nSPS) is 0.571. The summed E-state index contributed by atoms with van der Waals surface area (Å²) in [5.74, 6) is 0. The monoisotopic (exact) mass is 571 g/mol. The Kier molecular flexibility index (Phi) is 302. The van der Waals surface area contributed by atoms with Crippen molar-refractivity contribution in [2.75, 3.05) is 0 Å². The summed E-state index contributed by atoms with van der Waals surface area (Å²) in [6.45, 7) is 0. The Labute approximate surface area is 132 Å². The molecule has 24 valence electrons. The van der Waals surface area contributed by atoms with Crippen molar-refractivity contribution in [3.05, 3.63) is 0 Å². The molecule has 0 fully saturated rings. The van der Waals surface area contributed by atoms with E-state index in [1.807, 2.05) is 0 Å². The zero-order valence-corrected chi connectivity index (χ0v) is 21.7. The Morgan fingerprint density at radius 3 is 1.14 bits per heavy atom. The summed E-state index contributed by atoms with van der Waals surface area (Å²) in [6.07, 6.45) is 0. The Morgan fingerprint density at radius 2 is 1.14 bits per heavy atom. The molecule has 0 unspecified atom stereocenters. The number of hydrogen-bond donors (Lipinski definition) is 0. The van der Waals surface area contributed by atoms with Crippen LogP contribution in [0.15, 0.2) is 0 Å². The molecule has 0 saturated heterocycles. The van der Waals surface area contributed by atoms with Gasteiger partial charge in [-0.25, -0.2) is 0 Å². The first-order valence-electron chi connectivity index (χ1n) is 0.204. The summed E-state index contributed by atoms with van der Waals surface area (Å²) >= 11 is 0.300. The van der Waals surface area contributed by atoms with Gasteiger partial charge in [0.05, 0.1) is 0 Å². The van der Waals surface area contributed by atoms with Crippen molar-refractivity contribution in [2.24, 2.45) is 0 Å². The quantitative estimate of drug-likeness (QED) is 0.320. The molecule has 0 aliphatic heterocycles. The van der Waals surface area contributed by atoms with Gasteiger partial charge < -0.3 is 0 Å². The van der Waals surface area contributed by atoms with E-state index in [1.54, 1.807) is 0 Å². The van der Waals surface area contributed by atoms with Gasteiger partial charge in [0.25, 0.3) is 0 Å². The van der Waals surface area contributed by atoms with Gasteiger partial charge in [-0.2, -0.15) is 0 Å². The molecule has 0 aromatic heterocycles. The van der Waals surface area contributed by atoms with Crippen LogP contribution in [0.25, 0.3) is 0 Å². The molecule has 7 heteroatoms. The summed E-state index contributed by atoms with van der Waals surface area (Å²) < 4.78 is 8.34. The van der Waals surface area contributed by atoms with Gasteiger partial charge in [-0.3, -0.25) is 0 Å². The molecule has 0 spiro atoms. The molecular weight excluding hydrogens is 570 g/mol. The Balaban J connectivity index is -0.000000000500. The molecule has 0 rings (SSSR count). The van der Waals surface area contributed by atoms with Crippen LogP contribution >= 0.6 is 0 Å². The minimum absolute atomic E-state index is 0. The van der Waals surface area contributed by atoms with Crippen LogP contribution in [0.4, 0.5) is 0 Å². The summed E-state index contributed by atoms with van der Waals surface area (Å²) in [7, 11) is 0. The smallest absolute Gasteiger partial charge is 0 e. The average molecular weight is 570 g/mol. The Hall–Kier alpha value is 4.19. The van der Waals surface area contributed by atoms with Crippen molar-refractivity contribution in [3.63, 3.8) is 0 Å². The van der Waals surface area contributed by atoms with E-state index in [2.05, 4.69) is 0 Å². The first-order chi connectivity index (χ1) is 1.00. The second-order valence-corrected chi connectivity index (χ2v) is 0. The van der Waals surface area contributed by atoms with Crippen LogP contribution in [-0.4, -0.2) is 85.7 Å². The second-order valence-electron chi connectivity index (χ2n) is 0. The first kappa shape index (κ1) is 43.1. The van der Waals surface area contributed by atoms with Gasteiger partial charge in [-0.1, -0.05) is 0 Å². The molecular formula is CdGaGeInOSnZn. The molecule has 0 aromatic carbocycles. The van der Waals surface area contributed by atoms with E-state index in [4.69, 9.17) is 3.08 Å². The van der Waals surface area contributed by atoms with Crippen LogP contribution in [0.5, 0.6) is 0 Å². The van der Waals surface area contributed by atoms with Crippen molar-refractivity contribution in [1.82, 2.24) is 0 Å². The topological polar surface area (TPSA) is 17.1 Å². The van der Waals surface area contributed by atoms with Crippen LogP contribution in [0, 0.1) is 0 Å². The van der Waals surface area contributed by atoms with Crippen LogP contribution in [0.3, 0.4) is 0 Å². The van der Waals surface area contributed by atoms with Gasteiger partial charge in [-0.15, -0.1) is 0 Å². The molecule has 0 aliphatic carbocycles. The third-order valence-corrected chi connectivity index (χ3v) is 0. The molecule has 1 nitrogen and oxygen atoms in total. The fraction of sp³-hybridized carbons (Fsp3) is 0. The van der Waals surface area contributed by atoms with Crippen molar-refractivity contribution in [3.8, 4) is 0 Å². The summed E-state index contributed by atoms with van der Waals surface area (Å²) in [5, 5.41) is 0. The fourth-order valence-electron chi connectivity index (χ4n) is 0. The van der Waals surface area contributed by atoms with Crippen molar-refractivity contribution >= 4 is 85.7 Å². The van der Waals surface area contributed by atoms with Crippen LogP contribution in [0.1, 0.15) is 0 Å². The van der Waals surface area contributed by atoms with E-state index in [0.29, 0.717) is 22.5 Å². The van der Waals surface area contributed by atoms with Crippen molar-refractivity contribution in [1.29, 1.82) is 0 Å². The third kappa shape index (κ3) is 38.9. The minimum Gasteiger partial charge on any atom is 0 e. The second kappa shape index (κ2) is 49.0. The maximum atomic E-state index is 8.34. The predicted molar refractivity (Wildman–Crippen MR) is 23.7 cm³/mol. The Morgan fingerprint density at radius 1 is 1.14 bits per heavy atom.